The van der Waals surface area contributed by atoms with E-state index in [2.05, 4.69) is 9.89 Å². The number of halogens is 3. The first kappa shape index (κ1) is 21.1. The molecule has 5 nitrogen and oxygen atoms in total. The molecular formula is C19H23F3N2O3S. The number of ether oxygens (including phenoxy) is 2. The van der Waals surface area contributed by atoms with Crippen molar-refractivity contribution in [2.24, 2.45) is 4.99 Å². The molecule has 1 amide bonds. The van der Waals surface area contributed by atoms with Crippen molar-refractivity contribution in [2.75, 3.05) is 39.7 Å². The van der Waals surface area contributed by atoms with Crippen LogP contribution in [0.15, 0.2) is 22.0 Å². The summed E-state index contributed by atoms with van der Waals surface area (Å²) in [5.41, 5.74) is 0.0361. The second-order valence-corrected chi connectivity index (χ2v) is 7.57. The number of carbonyl (C=O) groups is 1. The molecule has 1 atom stereocenters. The normalized spacial score (nSPS) is 22.6. The molecule has 1 aromatic carbocycles. The average Bonchev–Trinajstić information content (AvgIpc) is 3.14. The van der Waals surface area contributed by atoms with E-state index in [4.69, 9.17) is 9.47 Å². The molecule has 2 aliphatic rings. The summed E-state index contributed by atoms with van der Waals surface area (Å²) >= 11 is 1.07. The van der Waals surface area contributed by atoms with E-state index in [-0.39, 0.29) is 22.3 Å². The summed E-state index contributed by atoms with van der Waals surface area (Å²) in [6.07, 6.45) is -0.312. The van der Waals surface area contributed by atoms with Crippen LogP contribution in [-0.2, 0) is 10.9 Å². The van der Waals surface area contributed by atoms with Crippen molar-refractivity contribution in [2.45, 2.75) is 36.4 Å². The van der Waals surface area contributed by atoms with Gasteiger partial charge in [-0.25, -0.2) is 4.99 Å². The third kappa shape index (κ3) is 4.52. The van der Waals surface area contributed by atoms with E-state index >= 15 is 0 Å². The minimum atomic E-state index is -4.52. The van der Waals surface area contributed by atoms with E-state index in [1.807, 2.05) is 0 Å². The number of rotatable bonds is 4. The molecule has 2 fully saturated rings. The van der Waals surface area contributed by atoms with Crippen LogP contribution in [0.3, 0.4) is 0 Å². The summed E-state index contributed by atoms with van der Waals surface area (Å²) < 4.78 is 49.9. The largest absolute Gasteiger partial charge is 0.496 e. The summed E-state index contributed by atoms with van der Waals surface area (Å²) in [6, 6.07) is 1.93. The molecule has 0 aromatic heterocycles. The van der Waals surface area contributed by atoms with Gasteiger partial charge in [0.05, 0.1) is 31.5 Å². The predicted molar refractivity (Wildman–Crippen MR) is 102 cm³/mol. The van der Waals surface area contributed by atoms with Gasteiger partial charge in [-0.3, -0.25) is 9.69 Å². The van der Waals surface area contributed by atoms with Gasteiger partial charge in [0, 0.05) is 29.7 Å². The Balaban J connectivity index is 1.93. The summed E-state index contributed by atoms with van der Waals surface area (Å²) in [6.45, 7) is 2.89. The van der Waals surface area contributed by atoms with Gasteiger partial charge in [-0.2, -0.15) is 13.2 Å². The predicted octanol–water partition coefficient (Wildman–Crippen LogP) is 3.90. The maximum atomic E-state index is 13.1. The van der Waals surface area contributed by atoms with Gasteiger partial charge in [0.25, 0.3) is 5.91 Å². The molecule has 9 heteroatoms. The van der Waals surface area contributed by atoms with Crippen LogP contribution >= 0.6 is 11.8 Å². The molecule has 1 saturated carbocycles. The lowest BCUT2D eigenvalue weighted by atomic mass is 10.1. The van der Waals surface area contributed by atoms with E-state index in [0.29, 0.717) is 19.6 Å². The van der Waals surface area contributed by atoms with Crippen molar-refractivity contribution in [3.05, 3.63) is 23.3 Å². The van der Waals surface area contributed by atoms with Crippen molar-refractivity contribution in [1.29, 1.82) is 0 Å². The van der Waals surface area contributed by atoms with Gasteiger partial charge in [0.2, 0.25) is 0 Å². The monoisotopic (exact) mass is 416 g/mol. The molecular weight excluding hydrogens is 393 g/mol. The van der Waals surface area contributed by atoms with Gasteiger partial charge >= 0.3 is 6.18 Å². The van der Waals surface area contributed by atoms with Crippen LogP contribution in [0.4, 0.5) is 13.2 Å². The van der Waals surface area contributed by atoms with E-state index in [1.54, 1.807) is 6.26 Å². The van der Waals surface area contributed by atoms with Gasteiger partial charge in [-0.1, -0.05) is 0 Å². The van der Waals surface area contributed by atoms with Crippen molar-refractivity contribution in [3.63, 3.8) is 0 Å². The second kappa shape index (κ2) is 8.84. The number of alkyl halides is 3. The Morgan fingerprint density at radius 1 is 1.32 bits per heavy atom. The maximum Gasteiger partial charge on any atom is 0.416 e. The molecule has 3 rings (SSSR count). The molecule has 0 N–H and O–H groups in total. The molecule has 0 bridgehead atoms. The minimum Gasteiger partial charge on any atom is -0.496 e. The molecule has 1 aliphatic carbocycles. The lowest BCUT2D eigenvalue weighted by Crippen LogP contribution is -2.45. The highest BCUT2D eigenvalue weighted by molar-refractivity contribution is 7.98. The number of benzene rings is 1. The second-order valence-electron chi connectivity index (χ2n) is 6.72. The molecule has 1 aromatic rings. The van der Waals surface area contributed by atoms with E-state index < -0.39 is 17.6 Å². The first-order valence-corrected chi connectivity index (χ1v) is 10.3. The summed E-state index contributed by atoms with van der Waals surface area (Å²) in [5, 5.41) is 0. The number of hydrogen-bond donors (Lipinski definition) is 0. The van der Waals surface area contributed by atoms with Crippen molar-refractivity contribution in [1.82, 2.24) is 4.90 Å². The Labute approximate surface area is 166 Å². The first-order valence-electron chi connectivity index (χ1n) is 9.12. The molecule has 1 heterocycles. The van der Waals surface area contributed by atoms with Gasteiger partial charge in [-0.05, 0) is 37.7 Å². The maximum absolute atomic E-state index is 13.1. The number of nitrogens with zero attached hydrogens (tertiary/aromatic N) is 2. The molecule has 28 heavy (non-hydrogen) atoms. The number of aliphatic imine (C=N–C) groups is 1. The summed E-state index contributed by atoms with van der Waals surface area (Å²) in [4.78, 5) is 19.8. The van der Waals surface area contributed by atoms with Crippen LogP contribution in [-0.4, -0.2) is 62.2 Å². The van der Waals surface area contributed by atoms with Crippen LogP contribution in [0.5, 0.6) is 5.75 Å². The van der Waals surface area contributed by atoms with Gasteiger partial charge in [0.15, 0.2) is 0 Å². The number of thioether (sulfide) groups is 1. The first-order chi connectivity index (χ1) is 13.3. The highest BCUT2D eigenvalue weighted by atomic mass is 32.2. The number of hydrogen-bond acceptors (Lipinski definition) is 5. The van der Waals surface area contributed by atoms with Crippen LogP contribution < -0.4 is 4.74 Å². The van der Waals surface area contributed by atoms with E-state index in [0.717, 1.165) is 55.5 Å². The van der Waals surface area contributed by atoms with Crippen LogP contribution in [0.2, 0.25) is 0 Å². The highest BCUT2D eigenvalue weighted by Gasteiger charge is 2.34. The Bertz CT molecular complexity index is 736. The molecule has 1 aliphatic heterocycles. The van der Waals surface area contributed by atoms with Crippen LogP contribution in [0.25, 0.3) is 0 Å². The summed E-state index contributed by atoms with van der Waals surface area (Å²) in [5.74, 6) is -0.653. The quantitative estimate of drug-likeness (QED) is 0.697. The number of amides is 1. The topological polar surface area (TPSA) is 51.1 Å². The molecule has 154 valence electrons. The van der Waals surface area contributed by atoms with Crippen molar-refractivity contribution >= 4 is 23.4 Å². The Kier molecular flexibility index (Phi) is 6.67. The standard InChI is InChI=1S/C19H23F3N2O3S/c1-26-15-10-12(19(20,21)22)11-16(28-2)17(15)18(25)23-13-4-3-5-14(13)24-6-8-27-9-7-24/h10-11,14H,3-9H2,1-2H3/t14-/m0/s1. The minimum absolute atomic E-state index is 0.0862. The fourth-order valence-electron chi connectivity index (χ4n) is 3.70. The zero-order valence-electron chi connectivity index (χ0n) is 15.8. The molecule has 0 unspecified atom stereocenters. The SMILES string of the molecule is COc1cc(C(F)(F)F)cc(SC)c1C(=O)N=C1CCC[C@@H]1N1CCOCC1. The number of morpholine rings is 1. The van der Waals surface area contributed by atoms with E-state index in [9.17, 15) is 18.0 Å². The van der Waals surface area contributed by atoms with E-state index in [1.165, 1.54) is 7.11 Å². The van der Waals surface area contributed by atoms with Crippen molar-refractivity contribution in [3.8, 4) is 5.75 Å². The Morgan fingerprint density at radius 2 is 2.04 bits per heavy atom. The third-order valence-electron chi connectivity index (χ3n) is 5.07. The van der Waals surface area contributed by atoms with Crippen LogP contribution in [0, 0.1) is 0 Å². The van der Waals surface area contributed by atoms with Gasteiger partial charge in [-0.15, -0.1) is 11.8 Å². The highest BCUT2D eigenvalue weighted by Crippen LogP contribution is 2.38. The zero-order valence-corrected chi connectivity index (χ0v) is 16.7. The lowest BCUT2D eigenvalue weighted by Gasteiger charge is -2.32. The van der Waals surface area contributed by atoms with Crippen molar-refractivity contribution < 1.29 is 27.4 Å². The molecule has 0 radical (unpaired) electrons. The Morgan fingerprint density at radius 3 is 2.64 bits per heavy atom. The molecule has 1 saturated heterocycles. The van der Waals surface area contributed by atoms with Gasteiger partial charge in [0.1, 0.15) is 5.75 Å². The zero-order chi connectivity index (χ0) is 20.3. The summed E-state index contributed by atoms with van der Waals surface area (Å²) in [7, 11) is 1.26. The number of carbonyl (C=O) groups excluding carboxylic acids is 1. The smallest absolute Gasteiger partial charge is 0.416 e. The lowest BCUT2D eigenvalue weighted by molar-refractivity contribution is -0.137. The average molecular weight is 416 g/mol. The van der Waals surface area contributed by atoms with Crippen LogP contribution in [0.1, 0.15) is 35.2 Å². The third-order valence-corrected chi connectivity index (χ3v) is 5.84. The number of methoxy groups -OCH3 is 1. The Hall–Kier alpha value is -1.58. The fraction of sp³-hybridized carbons (Fsp3) is 0.579. The fourth-order valence-corrected chi connectivity index (χ4v) is 4.33. The molecule has 0 spiro atoms. The van der Waals surface area contributed by atoms with Gasteiger partial charge < -0.3 is 9.47 Å².